The van der Waals surface area contributed by atoms with Gasteiger partial charge in [-0.3, -0.25) is 9.69 Å². The molecule has 24 heavy (non-hydrogen) atoms. The van der Waals surface area contributed by atoms with Crippen molar-refractivity contribution in [1.29, 1.82) is 0 Å². The summed E-state index contributed by atoms with van der Waals surface area (Å²) in [4.78, 5) is 14.5. The van der Waals surface area contributed by atoms with Gasteiger partial charge in [0.05, 0.1) is 12.8 Å². The molecule has 0 radical (unpaired) electrons. The van der Waals surface area contributed by atoms with Crippen LogP contribution in [0, 0.1) is 0 Å². The minimum Gasteiger partial charge on any atom is -0.497 e. The van der Waals surface area contributed by atoms with E-state index >= 15 is 0 Å². The van der Waals surface area contributed by atoms with E-state index in [2.05, 4.69) is 0 Å². The van der Waals surface area contributed by atoms with Crippen LogP contribution in [-0.4, -0.2) is 19.1 Å². The Morgan fingerprint density at radius 2 is 1.88 bits per heavy atom. The van der Waals surface area contributed by atoms with Gasteiger partial charge in [-0.15, -0.1) is 0 Å². The highest BCUT2D eigenvalue weighted by Crippen LogP contribution is 2.38. The van der Waals surface area contributed by atoms with Crippen LogP contribution in [-0.2, 0) is 4.79 Å². The minimum absolute atomic E-state index is 0.00282. The van der Waals surface area contributed by atoms with Crippen molar-refractivity contribution in [3.05, 3.63) is 53.8 Å². The zero-order chi connectivity index (χ0) is 17.3. The predicted molar refractivity (Wildman–Crippen MR) is 95.1 cm³/mol. The molecule has 0 aliphatic carbocycles. The first-order chi connectivity index (χ1) is 11.5. The van der Waals surface area contributed by atoms with E-state index in [4.69, 9.17) is 15.2 Å². The number of nitrogens with two attached hydrogens (primary N) is 1. The lowest BCUT2D eigenvalue weighted by molar-refractivity contribution is -0.117. The third-order valence-electron chi connectivity index (χ3n) is 3.82. The summed E-state index contributed by atoms with van der Waals surface area (Å²) < 4.78 is 11.0. The summed E-state index contributed by atoms with van der Waals surface area (Å²) in [6.07, 6.45) is 1.73. The van der Waals surface area contributed by atoms with Gasteiger partial charge >= 0.3 is 0 Å². The number of rotatable bonds is 3. The second kappa shape index (κ2) is 6.28. The Morgan fingerprint density at radius 3 is 2.50 bits per heavy atom. The standard InChI is InChI=1S/C19H20N2O3/c1-12(2)21-16-9-6-14(20)11-17(16)24-18(19(21)22)10-13-4-7-15(23-3)8-5-13/h4-12H,20H2,1-3H3/b18-10+. The van der Waals surface area contributed by atoms with Gasteiger partial charge < -0.3 is 15.2 Å². The molecule has 0 atom stereocenters. The number of ether oxygens (including phenoxy) is 2. The lowest BCUT2D eigenvalue weighted by Gasteiger charge is -2.33. The molecule has 3 rings (SSSR count). The Kier molecular flexibility index (Phi) is 4.16. The second-order valence-electron chi connectivity index (χ2n) is 5.88. The lowest BCUT2D eigenvalue weighted by Crippen LogP contribution is -2.42. The molecule has 2 N–H and O–H groups in total. The topological polar surface area (TPSA) is 64.8 Å². The van der Waals surface area contributed by atoms with Crippen LogP contribution in [0.15, 0.2) is 48.2 Å². The zero-order valence-corrected chi connectivity index (χ0v) is 13.9. The number of fused-ring (bicyclic) bond motifs is 1. The van der Waals surface area contributed by atoms with Crippen LogP contribution in [0.5, 0.6) is 11.5 Å². The third-order valence-corrected chi connectivity index (χ3v) is 3.82. The summed E-state index contributed by atoms with van der Waals surface area (Å²) in [7, 11) is 1.61. The van der Waals surface area contributed by atoms with E-state index in [1.54, 1.807) is 30.2 Å². The largest absolute Gasteiger partial charge is 0.497 e. The van der Waals surface area contributed by atoms with E-state index in [1.165, 1.54) is 0 Å². The number of hydrogen-bond acceptors (Lipinski definition) is 4. The molecule has 0 saturated carbocycles. The number of carbonyl (C=O) groups is 1. The molecule has 0 bridgehead atoms. The highest BCUT2D eigenvalue weighted by atomic mass is 16.5. The molecule has 0 saturated heterocycles. The number of nitrogen functional groups attached to an aromatic ring is 1. The van der Waals surface area contributed by atoms with E-state index in [-0.39, 0.29) is 17.7 Å². The van der Waals surface area contributed by atoms with Crippen LogP contribution in [0.2, 0.25) is 0 Å². The van der Waals surface area contributed by atoms with Crippen LogP contribution >= 0.6 is 0 Å². The molecule has 1 heterocycles. The van der Waals surface area contributed by atoms with Gasteiger partial charge in [-0.05, 0) is 49.8 Å². The fraction of sp³-hybridized carbons (Fsp3) is 0.211. The summed E-state index contributed by atoms with van der Waals surface area (Å²) in [5.74, 6) is 1.45. The van der Waals surface area contributed by atoms with Crippen molar-refractivity contribution >= 4 is 23.4 Å². The van der Waals surface area contributed by atoms with Gasteiger partial charge in [0.1, 0.15) is 5.75 Å². The van der Waals surface area contributed by atoms with Crippen LogP contribution in [0.25, 0.3) is 6.08 Å². The number of benzene rings is 2. The van der Waals surface area contributed by atoms with Crippen molar-refractivity contribution < 1.29 is 14.3 Å². The number of hydrogen-bond donors (Lipinski definition) is 1. The second-order valence-corrected chi connectivity index (χ2v) is 5.88. The summed E-state index contributed by atoms with van der Waals surface area (Å²) in [5.41, 5.74) is 8.03. The van der Waals surface area contributed by atoms with Gasteiger partial charge in [0.2, 0.25) is 0 Å². The molecule has 0 unspecified atom stereocenters. The quantitative estimate of drug-likeness (QED) is 0.694. The zero-order valence-electron chi connectivity index (χ0n) is 13.9. The molecule has 1 aliphatic heterocycles. The van der Waals surface area contributed by atoms with Crippen LogP contribution < -0.4 is 20.1 Å². The molecule has 0 aromatic heterocycles. The molecular formula is C19H20N2O3. The van der Waals surface area contributed by atoms with Crippen LogP contribution in [0.4, 0.5) is 11.4 Å². The van der Waals surface area contributed by atoms with E-state index in [9.17, 15) is 4.79 Å². The van der Waals surface area contributed by atoms with E-state index < -0.39 is 0 Å². The molecule has 0 spiro atoms. The summed E-state index contributed by atoms with van der Waals surface area (Å²) in [6, 6.07) is 12.7. The summed E-state index contributed by atoms with van der Waals surface area (Å²) in [5, 5.41) is 0. The van der Waals surface area contributed by atoms with Gasteiger partial charge in [0.25, 0.3) is 5.91 Å². The average Bonchev–Trinajstić information content (AvgIpc) is 2.56. The molecule has 1 aliphatic rings. The monoisotopic (exact) mass is 324 g/mol. The molecule has 5 nitrogen and oxygen atoms in total. The number of nitrogens with zero attached hydrogens (tertiary/aromatic N) is 1. The first-order valence-electron chi connectivity index (χ1n) is 7.76. The molecular weight excluding hydrogens is 304 g/mol. The number of anilines is 2. The van der Waals surface area contributed by atoms with Crippen LogP contribution in [0.3, 0.4) is 0 Å². The highest BCUT2D eigenvalue weighted by Gasteiger charge is 2.32. The summed E-state index contributed by atoms with van der Waals surface area (Å²) in [6.45, 7) is 3.93. The minimum atomic E-state index is -0.168. The Morgan fingerprint density at radius 1 is 1.17 bits per heavy atom. The van der Waals surface area contributed by atoms with Gasteiger partial charge in [0, 0.05) is 17.8 Å². The maximum Gasteiger partial charge on any atom is 0.294 e. The Balaban J connectivity index is 2.02. The van der Waals surface area contributed by atoms with Crippen molar-refractivity contribution in [3.8, 4) is 11.5 Å². The van der Waals surface area contributed by atoms with Crippen molar-refractivity contribution in [1.82, 2.24) is 0 Å². The molecule has 2 aromatic carbocycles. The van der Waals surface area contributed by atoms with E-state index in [0.717, 1.165) is 17.0 Å². The molecule has 5 heteroatoms. The predicted octanol–water partition coefficient (Wildman–Crippen LogP) is 3.45. The smallest absolute Gasteiger partial charge is 0.294 e. The van der Waals surface area contributed by atoms with Crippen molar-refractivity contribution in [3.63, 3.8) is 0 Å². The van der Waals surface area contributed by atoms with Crippen LogP contribution in [0.1, 0.15) is 19.4 Å². The normalized spacial score (nSPS) is 15.4. The number of amides is 1. The Hall–Kier alpha value is -2.95. The molecule has 124 valence electrons. The summed E-state index contributed by atoms with van der Waals surface area (Å²) >= 11 is 0. The number of methoxy groups -OCH3 is 1. The molecule has 0 fully saturated rings. The lowest BCUT2D eigenvalue weighted by atomic mass is 10.1. The Bertz CT molecular complexity index is 795. The number of carbonyl (C=O) groups excluding carboxylic acids is 1. The first kappa shape index (κ1) is 15.9. The molecule has 2 aromatic rings. The average molecular weight is 324 g/mol. The van der Waals surface area contributed by atoms with E-state index in [1.807, 2.05) is 44.2 Å². The Labute approximate surface area is 141 Å². The first-order valence-corrected chi connectivity index (χ1v) is 7.76. The fourth-order valence-electron chi connectivity index (χ4n) is 2.66. The van der Waals surface area contributed by atoms with Gasteiger partial charge in [-0.2, -0.15) is 0 Å². The maximum absolute atomic E-state index is 12.8. The van der Waals surface area contributed by atoms with Gasteiger partial charge in [-0.25, -0.2) is 0 Å². The highest BCUT2D eigenvalue weighted by molar-refractivity contribution is 6.10. The van der Waals surface area contributed by atoms with Gasteiger partial charge in [0.15, 0.2) is 11.5 Å². The third kappa shape index (κ3) is 2.93. The van der Waals surface area contributed by atoms with E-state index in [0.29, 0.717) is 11.4 Å². The van der Waals surface area contributed by atoms with Gasteiger partial charge in [-0.1, -0.05) is 12.1 Å². The van der Waals surface area contributed by atoms with Crippen molar-refractivity contribution in [2.45, 2.75) is 19.9 Å². The van der Waals surface area contributed by atoms with Crippen molar-refractivity contribution in [2.24, 2.45) is 0 Å². The maximum atomic E-state index is 12.8. The SMILES string of the molecule is COc1ccc(/C=C2/Oc3cc(N)ccc3N(C(C)C)C2=O)cc1. The molecule has 1 amide bonds. The fourth-order valence-corrected chi connectivity index (χ4v) is 2.66. The van der Waals surface area contributed by atoms with Crippen molar-refractivity contribution in [2.75, 3.05) is 17.7 Å².